The smallest absolute Gasteiger partial charge is 0.0697 e. The number of rotatable bonds is 4. The Morgan fingerprint density at radius 3 is 2.38 bits per heavy atom. The van der Waals surface area contributed by atoms with E-state index in [0.717, 1.165) is 13.0 Å². The minimum absolute atomic E-state index is 0. The summed E-state index contributed by atoms with van der Waals surface area (Å²) in [5, 5.41) is 8.17. The molecule has 0 fully saturated rings. The van der Waals surface area contributed by atoms with Crippen LogP contribution in [0.25, 0.3) is 0 Å². The van der Waals surface area contributed by atoms with E-state index in [2.05, 4.69) is 0 Å². The van der Waals surface area contributed by atoms with E-state index in [4.69, 9.17) is 9.84 Å². The van der Waals surface area contributed by atoms with Gasteiger partial charge in [0.05, 0.1) is 13.2 Å². The number of ether oxygens (including phenoxy) is 1. The van der Waals surface area contributed by atoms with Gasteiger partial charge in [-0.2, -0.15) is 0 Å². The van der Waals surface area contributed by atoms with Crippen LogP contribution in [0.5, 0.6) is 0 Å². The minimum atomic E-state index is 0. The zero-order valence-electron chi connectivity index (χ0n) is 5.06. The topological polar surface area (TPSA) is 29.5 Å². The van der Waals surface area contributed by atoms with Crippen LogP contribution in [0.4, 0.5) is 0 Å². The first-order valence-corrected chi connectivity index (χ1v) is 2.60. The molecule has 0 aliphatic heterocycles. The maximum absolute atomic E-state index is 8.17. The molecule has 0 aromatic heterocycles. The van der Waals surface area contributed by atoms with Gasteiger partial charge in [0.25, 0.3) is 0 Å². The first-order valence-electron chi connectivity index (χ1n) is 2.60. The molecule has 0 atom stereocenters. The largest absolute Gasteiger partial charge is 1.00 e. The summed E-state index contributed by atoms with van der Waals surface area (Å²) in [7, 11) is 0. The molecule has 0 saturated carbocycles. The van der Waals surface area contributed by atoms with Crippen LogP contribution in [0.1, 0.15) is 13.3 Å². The van der Waals surface area contributed by atoms with E-state index in [1.165, 1.54) is 0 Å². The number of hydrogen-bond acceptors (Lipinski definition) is 2. The van der Waals surface area contributed by atoms with E-state index in [9.17, 15) is 0 Å². The quantitative estimate of drug-likeness (QED) is 0.486. The monoisotopic (exact) mass is 183 g/mol. The predicted octanol–water partition coefficient (Wildman–Crippen LogP) is -2.59. The van der Waals surface area contributed by atoms with E-state index in [-0.39, 0.29) is 23.6 Å². The molecule has 52 valence electrons. The standard InChI is InChI=1S/C5H12O2.BrH/c1-2-4-7-5-3-6;/h6H,2-5H2,1H3;1H/p-1. The molecular formula is C5H12BrO2-. The molecule has 0 unspecified atom stereocenters. The molecule has 0 aromatic rings. The first kappa shape index (κ1) is 11.2. The second-order valence-electron chi connectivity index (χ2n) is 1.34. The Kier molecular flexibility index (Phi) is 14.6. The number of hydrogen-bond donors (Lipinski definition) is 1. The van der Waals surface area contributed by atoms with Gasteiger partial charge in [-0.1, -0.05) is 6.92 Å². The van der Waals surface area contributed by atoms with Crippen molar-refractivity contribution in [1.29, 1.82) is 0 Å². The second kappa shape index (κ2) is 10.4. The SMILES string of the molecule is CCCOCCO.[Br-]. The lowest BCUT2D eigenvalue weighted by Gasteiger charge is -1.94. The molecule has 0 radical (unpaired) electrons. The van der Waals surface area contributed by atoms with Crippen LogP contribution in [0.3, 0.4) is 0 Å². The van der Waals surface area contributed by atoms with E-state index in [1.807, 2.05) is 6.92 Å². The Bertz CT molecular complexity index is 29.6. The molecule has 0 aromatic carbocycles. The number of aliphatic hydroxyl groups is 1. The summed E-state index contributed by atoms with van der Waals surface area (Å²) >= 11 is 0. The first-order chi connectivity index (χ1) is 3.41. The van der Waals surface area contributed by atoms with Crippen molar-refractivity contribution in [2.75, 3.05) is 19.8 Å². The maximum atomic E-state index is 8.17. The summed E-state index contributed by atoms with van der Waals surface area (Å²) < 4.78 is 4.88. The maximum Gasteiger partial charge on any atom is 0.0697 e. The van der Waals surface area contributed by atoms with Gasteiger partial charge in [0, 0.05) is 6.61 Å². The number of aliphatic hydroxyl groups excluding tert-OH is 1. The summed E-state index contributed by atoms with van der Waals surface area (Å²) in [6.07, 6.45) is 1.03. The van der Waals surface area contributed by atoms with Gasteiger partial charge in [-0.15, -0.1) is 0 Å². The highest BCUT2D eigenvalue weighted by Crippen LogP contribution is 1.76. The van der Waals surface area contributed by atoms with Gasteiger partial charge in [0.15, 0.2) is 0 Å². The summed E-state index contributed by atoms with van der Waals surface area (Å²) in [5.74, 6) is 0. The fourth-order valence-corrected chi connectivity index (χ4v) is 0.311. The third-order valence-electron chi connectivity index (χ3n) is 0.584. The van der Waals surface area contributed by atoms with Crippen LogP contribution in [0, 0.1) is 0 Å². The fourth-order valence-electron chi connectivity index (χ4n) is 0.311. The Labute approximate surface area is 60.6 Å². The van der Waals surface area contributed by atoms with E-state index in [1.54, 1.807) is 0 Å². The van der Waals surface area contributed by atoms with Crippen molar-refractivity contribution in [3.63, 3.8) is 0 Å². The molecular weight excluding hydrogens is 172 g/mol. The van der Waals surface area contributed by atoms with Crippen LogP contribution in [-0.2, 0) is 4.74 Å². The van der Waals surface area contributed by atoms with E-state index >= 15 is 0 Å². The van der Waals surface area contributed by atoms with Gasteiger partial charge in [-0.3, -0.25) is 0 Å². The van der Waals surface area contributed by atoms with Gasteiger partial charge in [0.2, 0.25) is 0 Å². The van der Waals surface area contributed by atoms with Crippen LogP contribution in [0.15, 0.2) is 0 Å². The summed E-state index contributed by atoms with van der Waals surface area (Å²) in [5.41, 5.74) is 0. The van der Waals surface area contributed by atoms with Crippen LogP contribution < -0.4 is 17.0 Å². The van der Waals surface area contributed by atoms with Crippen molar-refractivity contribution in [2.24, 2.45) is 0 Å². The summed E-state index contributed by atoms with van der Waals surface area (Å²) in [4.78, 5) is 0. The Balaban J connectivity index is 0. The van der Waals surface area contributed by atoms with Crippen LogP contribution in [0.2, 0.25) is 0 Å². The Morgan fingerprint density at radius 1 is 1.38 bits per heavy atom. The second-order valence-corrected chi connectivity index (χ2v) is 1.34. The third-order valence-corrected chi connectivity index (χ3v) is 0.584. The molecule has 8 heavy (non-hydrogen) atoms. The van der Waals surface area contributed by atoms with Gasteiger partial charge in [-0.25, -0.2) is 0 Å². The molecule has 0 bridgehead atoms. The predicted molar refractivity (Wildman–Crippen MR) is 28.2 cm³/mol. The Hall–Kier alpha value is 0.400. The molecule has 1 N–H and O–H groups in total. The Morgan fingerprint density at radius 2 is 2.00 bits per heavy atom. The molecule has 3 heteroatoms. The lowest BCUT2D eigenvalue weighted by atomic mass is 10.5. The summed E-state index contributed by atoms with van der Waals surface area (Å²) in [6, 6.07) is 0. The van der Waals surface area contributed by atoms with Crippen molar-refractivity contribution in [3.8, 4) is 0 Å². The molecule has 0 aliphatic carbocycles. The van der Waals surface area contributed by atoms with Gasteiger partial charge >= 0.3 is 0 Å². The molecule has 0 heterocycles. The molecule has 0 spiro atoms. The van der Waals surface area contributed by atoms with E-state index in [0.29, 0.717) is 6.61 Å². The average Bonchev–Trinajstić information content (AvgIpc) is 1.69. The zero-order valence-corrected chi connectivity index (χ0v) is 6.65. The molecule has 0 aliphatic rings. The van der Waals surface area contributed by atoms with Crippen molar-refractivity contribution in [1.82, 2.24) is 0 Å². The highest BCUT2D eigenvalue weighted by atomic mass is 79.9. The van der Waals surface area contributed by atoms with E-state index < -0.39 is 0 Å². The van der Waals surface area contributed by atoms with Crippen molar-refractivity contribution < 1.29 is 26.8 Å². The van der Waals surface area contributed by atoms with Crippen molar-refractivity contribution in [3.05, 3.63) is 0 Å². The normalized spacial score (nSPS) is 8.25. The minimum Gasteiger partial charge on any atom is -1.00 e. The molecule has 0 rings (SSSR count). The lowest BCUT2D eigenvalue weighted by Crippen LogP contribution is -3.00. The third kappa shape index (κ3) is 9.64. The molecule has 0 amide bonds. The zero-order chi connectivity index (χ0) is 5.54. The lowest BCUT2D eigenvalue weighted by molar-refractivity contribution is -0.00000277. The van der Waals surface area contributed by atoms with Gasteiger partial charge < -0.3 is 26.8 Å². The van der Waals surface area contributed by atoms with Crippen LogP contribution >= 0.6 is 0 Å². The van der Waals surface area contributed by atoms with Crippen molar-refractivity contribution >= 4 is 0 Å². The molecule has 0 saturated heterocycles. The van der Waals surface area contributed by atoms with Gasteiger partial charge in [-0.05, 0) is 6.42 Å². The number of halogens is 1. The summed E-state index contributed by atoms with van der Waals surface area (Å²) in [6.45, 7) is 3.42. The van der Waals surface area contributed by atoms with Crippen LogP contribution in [-0.4, -0.2) is 24.9 Å². The fraction of sp³-hybridized carbons (Fsp3) is 1.00. The van der Waals surface area contributed by atoms with Gasteiger partial charge in [0.1, 0.15) is 0 Å². The highest BCUT2D eigenvalue weighted by molar-refractivity contribution is 4.24. The van der Waals surface area contributed by atoms with Crippen molar-refractivity contribution in [2.45, 2.75) is 13.3 Å². The highest BCUT2D eigenvalue weighted by Gasteiger charge is 1.78. The average molecular weight is 184 g/mol. The molecule has 2 nitrogen and oxygen atoms in total.